The number of amides is 1. The number of nitrogens with one attached hydrogen (secondary N) is 1. The van der Waals surface area contributed by atoms with Crippen molar-refractivity contribution >= 4 is 27.5 Å². The summed E-state index contributed by atoms with van der Waals surface area (Å²) in [6.07, 6.45) is 1.16. The molecule has 1 atom stereocenters. The van der Waals surface area contributed by atoms with Crippen molar-refractivity contribution in [3.63, 3.8) is 0 Å². The van der Waals surface area contributed by atoms with Crippen LogP contribution in [0.2, 0.25) is 0 Å². The lowest BCUT2D eigenvalue weighted by molar-refractivity contribution is -0.117. The van der Waals surface area contributed by atoms with Gasteiger partial charge >= 0.3 is 0 Å². The van der Waals surface area contributed by atoms with Crippen molar-refractivity contribution in [3.8, 4) is 5.75 Å². The van der Waals surface area contributed by atoms with Crippen molar-refractivity contribution in [1.82, 2.24) is 0 Å². The topological polar surface area (TPSA) is 38.3 Å². The third-order valence-corrected chi connectivity index (χ3v) is 3.24. The van der Waals surface area contributed by atoms with E-state index in [1.165, 1.54) is 0 Å². The Hall–Kier alpha value is -1.03. The zero-order chi connectivity index (χ0) is 14.6. The summed E-state index contributed by atoms with van der Waals surface area (Å²) in [5.74, 6) is 0.799. The van der Waals surface area contributed by atoms with Crippen LogP contribution < -0.4 is 10.1 Å². The van der Waals surface area contributed by atoms with Gasteiger partial charge in [0, 0.05) is 5.69 Å². The van der Waals surface area contributed by atoms with Crippen LogP contribution in [-0.4, -0.2) is 16.3 Å². The van der Waals surface area contributed by atoms with E-state index in [9.17, 15) is 4.79 Å². The van der Waals surface area contributed by atoms with E-state index in [1.54, 1.807) is 0 Å². The molecule has 4 heteroatoms. The molecule has 0 saturated heterocycles. The molecule has 1 rings (SSSR count). The lowest BCUT2D eigenvalue weighted by Gasteiger charge is -2.18. The molecule has 0 saturated carbocycles. The van der Waals surface area contributed by atoms with Crippen molar-refractivity contribution in [2.45, 2.75) is 51.5 Å². The SMILES string of the molecule is CCC(C)Oc1ccc(NC(=O)C(C)(C)Br)cc1C. The molecule has 0 aromatic heterocycles. The lowest BCUT2D eigenvalue weighted by atomic mass is 10.1. The van der Waals surface area contributed by atoms with Gasteiger partial charge in [-0.05, 0) is 57.9 Å². The van der Waals surface area contributed by atoms with E-state index in [0.29, 0.717) is 0 Å². The summed E-state index contributed by atoms with van der Waals surface area (Å²) >= 11 is 3.34. The second-order valence-electron chi connectivity index (χ2n) is 5.24. The van der Waals surface area contributed by atoms with Gasteiger partial charge in [0.25, 0.3) is 0 Å². The van der Waals surface area contributed by atoms with Crippen molar-refractivity contribution in [2.24, 2.45) is 0 Å². The van der Waals surface area contributed by atoms with E-state index in [2.05, 4.69) is 28.2 Å². The predicted octanol–water partition coefficient (Wildman–Crippen LogP) is 4.28. The number of rotatable bonds is 5. The number of hydrogen-bond acceptors (Lipinski definition) is 2. The average molecular weight is 328 g/mol. The van der Waals surface area contributed by atoms with Crippen molar-refractivity contribution in [2.75, 3.05) is 5.32 Å². The summed E-state index contributed by atoms with van der Waals surface area (Å²) in [4.78, 5) is 11.9. The van der Waals surface area contributed by atoms with E-state index in [4.69, 9.17) is 4.74 Å². The minimum atomic E-state index is -0.577. The number of alkyl halides is 1. The van der Waals surface area contributed by atoms with Crippen LogP contribution in [-0.2, 0) is 4.79 Å². The summed E-state index contributed by atoms with van der Waals surface area (Å²) in [7, 11) is 0. The van der Waals surface area contributed by atoms with Gasteiger partial charge in [-0.25, -0.2) is 0 Å². The molecule has 1 amide bonds. The molecule has 1 unspecified atom stereocenters. The van der Waals surface area contributed by atoms with Crippen LogP contribution in [0, 0.1) is 6.92 Å². The largest absolute Gasteiger partial charge is 0.490 e. The Morgan fingerprint density at radius 2 is 2.11 bits per heavy atom. The number of aryl methyl sites for hydroxylation is 1. The number of benzene rings is 1. The van der Waals surface area contributed by atoms with Gasteiger partial charge < -0.3 is 10.1 Å². The number of halogens is 1. The Labute approximate surface area is 123 Å². The molecule has 0 heterocycles. The molecular weight excluding hydrogens is 306 g/mol. The molecule has 0 aliphatic heterocycles. The number of anilines is 1. The van der Waals surface area contributed by atoms with Crippen LogP contribution >= 0.6 is 15.9 Å². The monoisotopic (exact) mass is 327 g/mol. The fourth-order valence-electron chi connectivity index (χ4n) is 1.44. The molecule has 0 radical (unpaired) electrons. The van der Waals surface area contributed by atoms with Crippen LogP contribution in [0.5, 0.6) is 5.75 Å². The van der Waals surface area contributed by atoms with Crippen LogP contribution in [0.3, 0.4) is 0 Å². The van der Waals surface area contributed by atoms with Crippen LogP contribution in [0.4, 0.5) is 5.69 Å². The minimum absolute atomic E-state index is 0.0671. The Balaban J connectivity index is 2.80. The Bertz CT molecular complexity index is 452. The maximum atomic E-state index is 11.9. The second kappa shape index (κ2) is 6.42. The molecule has 1 N–H and O–H groups in total. The molecule has 19 heavy (non-hydrogen) atoms. The second-order valence-corrected chi connectivity index (χ2v) is 7.23. The zero-order valence-corrected chi connectivity index (χ0v) is 13.8. The third-order valence-electron chi connectivity index (χ3n) is 2.88. The first-order chi connectivity index (χ1) is 8.74. The van der Waals surface area contributed by atoms with E-state index >= 15 is 0 Å². The molecular formula is C15H22BrNO2. The summed E-state index contributed by atoms with van der Waals surface area (Å²) in [5.41, 5.74) is 1.80. The maximum Gasteiger partial charge on any atom is 0.240 e. The fourth-order valence-corrected chi connectivity index (χ4v) is 1.54. The molecule has 1 aromatic rings. The molecule has 3 nitrogen and oxygen atoms in total. The van der Waals surface area contributed by atoms with Gasteiger partial charge in [-0.15, -0.1) is 0 Å². The van der Waals surface area contributed by atoms with Gasteiger partial charge in [-0.3, -0.25) is 4.79 Å². The highest BCUT2D eigenvalue weighted by Crippen LogP contribution is 2.25. The quantitative estimate of drug-likeness (QED) is 0.819. The predicted molar refractivity (Wildman–Crippen MR) is 83.2 cm³/mol. The normalized spacial score (nSPS) is 12.9. The Morgan fingerprint density at radius 3 is 2.58 bits per heavy atom. The molecule has 0 aliphatic rings. The minimum Gasteiger partial charge on any atom is -0.490 e. The molecule has 106 valence electrons. The molecule has 0 spiro atoms. The number of carbonyl (C=O) groups is 1. The van der Waals surface area contributed by atoms with Crippen molar-refractivity contribution < 1.29 is 9.53 Å². The van der Waals surface area contributed by atoms with Gasteiger partial charge in [0.15, 0.2) is 0 Å². The van der Waals surface area contributed by atoms with Crippen LogP contribution in [0.25, 0.3) is 0 Å². The van der Waals surface area contributed by atoms with Gasteiger partial charge in [0.2, 0.25) is 5.91 Å². The van der Waals surface area contributed by atoms with E-state index < -0.39 is 4.32 Å². The third kappa shape index (κ3) is 4.86. The lowest BCUT2D eigenvalue weighted by Crippen LogP contribution is -2.30. The molecule has 0 aliphatic carbocycles. The smallest absolute Gasteiger partial charge is 0.240 e. The summed E-state index contributed by atoms with van der Waals surface area (Å²) in [6, 6.07) is 5.69. The molecule has 0 bridgehead atoms. The number of carbonyl (C=O) groups excluding carboxylic acids is 1. The molecule has 1 aromatic carbocycles. The van der Waals surface area contributed by atoms with Gasteiger partial charge in [-0.2, -0.15) is 0 Å². The van der Waals surface area contributed by atoms with Crippen molar-refractivity contribution in [1.29, 1.82) is 0 Å². The zero-order valence-electron chi connectivity index (χ0n) is 12.2. The van der Waals surface area contributed by atoms with Crippen molar-refractivity contribution in [3.05, 3.63) is 23.8 Å². The molecule has 0 fully saturated rings. The number of ether oxygens (including phenoxy) is 1. The van der Waals surface area contributed by atoms with Crippen LogP contribution in [0.1, 0.15) is 39.7 Å². The highest BCUT2D eigenvalue weighted by molar-refractivity contribution is 9.10. The van der Waals surface area contributed by atoms with Crippen LogP contribution in [0.15, 0.2) is 18.2 Å². The first-order valence-corrected chi connectivity index (χ1v) is 7.31. The average Bonchev–Trinajstić information content (AvgIpc) is 2.31. The highest BCUT2D eigenvalue weighted by atomic mass is 79.9. The summed E-state index contributed by atoms with van der Waals surface area (Å²) in [5, 5.41) is 2.88. The first kappa shape index (κ1) is 16.0. The fraction of sp³-hybridized carbons (Fsp3) is 0.533. The van der Waals surface area contributed by atoms with Gasteiger partial charge in [0.05, 0.1) is 10.4 Å². The Kier molecular flexibility index (Phi) is 5.41. The first-order valence-electron chi connectivity index (χ1n) is 6.51. The highest BCUT2D eigenvalue weighted by Gasteiger charge is 2.23. The van der Waals surface area contributed by atoms with Gasteiger partial charge in [0.1, 0.15) is 5.75 Å². The summed E-state index contributed by atoms with van der Waals surface area (Å²) < 4.78 is 5.22. The standard InChI is InChI=1S/C15H22BrNO2/c1-6-11(3)19-13-8-7-12(9-10(13)2)17-14(18)15(4,5)16/h7-9,11H,6H2,1-5H3,(H,17,18). The maximum absolute atomic E-state index is 11.9. The van der Waals surface area contributed by atoms with E-state index in [-0.39, 0.29) is 12.0 Å². The number of hydrogen-bond donors (Lipinski definition) is 1. The Morgan fingerprint density at radius 1 is 1.47 bits per heavy atom. The van der Waals surface area contributed by atoms with Gasteiger partial charge in [-0.1, -0.05) is 22.9 Å². The van der Waals surface area contributed by atoms with E-state index in [1.807, 2.05) is 45.9 Å². The van der Waals surface area contributed by atoms with E-state index in [0.717, 1.165) is 23.4 Å². The summed E-state index contributed by atoms with van der Waals surface area (Å²) in [6.45, 7) is 9.74.